The molecule has 2 atom stereocenters. The zero-order valence-corrected chi connectivity index (χ0v) is 9.86. The predicted octanol–water partition coefficient (Wildman–Crippen LogP) is 2.55. The lowest BCUT2D eigenvalue weighted by molar-refractivity contribution is -0.116. The summed E-state index contributed by atoms with van der Waals surface area (Å²) < 4.78 is 5.43. The van der Waals surface area contributed by atoms with Crippen molar-refractivity contribution in [3.05, 3.63) is 35.9 Å². The molecule has 1 aromatic carbocycles. The molecule has 0 bridgehead atoms. The SMILES string of the molecule is COC1CCCCC1(O)Cc1ccccc1. The van der Waals surface area contributed by atoms with Crippen molar-refractivity contribution < 1.29 is 9.84 Å². The molecule has 1 saturated carbocycles. The largest absolute Gasteiger partial charge is 0.387 e. The molecular weight excluding hydrogens is 200 g/mol. The Balaban J connectivity index is 2.11. The van der Waals surface area contributed by atoms with Crippen LogP contribution < -0.4 is 0 Å². The lowest BCUT2D eigenvalue weighted by Crippen LogP contribution is -2.47. The average Bonchev–Trinajstić information content (AvgIpc) is 2.30. The summed E-state index contributed by atoms with van der Waals surface area (Å²) in [6.45, 7) is 0. The van der Waals surface area contributed by atoms with E-state index in [1.54, 1.807) is 7.11 Å². The highest BCUT2D eigenvalue weighted by Gasteiger charge is 2.38. The summed E-state index contributed by atoms with van der Waals surface area (Å²) in [5.74, 6) is 0. The Hall–Kier alpha value is -0.860. The number of ether oxygens (including phenoxy) is 1. The quantitative estimate of drug-likeness (QED) is 0.848. The topological polar surface area (TPSA) is 29.5 Å². The molecular formula is C14H20O2. The fourth-order valence-electron chi connectivity index (χ4n) is 2.68. The van der Waals surface area contributed by atoms with Gasteiger partial charge >= 0.3 is 0 Å². The van der Waals surface area contributed by atoms with Gasteiger partial charge in [-0.1, -0.05) is 43.2 Å². The molecule has 0 aromatic heterocycles. The van der Waals surface area contributed by atoms with Crippen molar-refractivity contribution in [2.75, 3.05) is 7.11 Å². The highest BCUT2D eigenvalue weighted by Crippen LogP contribution is 2.33. The first-order valence-electron chi connectivity index (χ1n) is 6.04. The van der Waals surface area contributed by atoms with Gasteiger partial charge in [-0.15, -0.1) is 0 Å². The summed E-state index contributed by atoms with van der Waals surface area (Å²) >= 11 is 0. The summed E-state index contributed by atoms with van der Waals surface area (Å²) in [6, 6.07) is 10.2. The second-order valence-corrected chi connectivity index (χ2v) is 4.74. The molecule has 2 rings (SSSR count). The maximum atomic E-state index is 10.7. The van der Waals surface area contributed by atoms with Gasteiger partial charge in [-0.2, -0.15) is 0 Å². The van der Waals surface area contributed by atoms with E-state index >= 15 is 0 Å². The molecule has 88 valence electrons. The first-order chi connectivity index (χ1) is 7.74. The van der Waals surface area contributed by atoms with Crippen molar-refractivity contribution in [3.8, 4) is 0 Å². The van der Waals surface area contributed by atoms with E-state index in [0.29, 0.717) is 6.42 Å². The summed E-state index contributed by atoms with van der Waals surface area (Å²) in [4.78, 5) is 0. The molecule has 2 nitrogen and oxygen atoms in total. The average molecular weight is 220 g/mol. The number of methoxy groups -OCH3 is 1. The third kappa shape index (κ3) is 2.45. The standard InChI is InChI=1S/C14H20O2/c1-16-13-9-5-6-10-14(13,15)11-12-7-3-2-4-8-12/h2-4,7-8,13,15H,5-6,9-11H2,1H3. The number of hydrogen-bond acceptors (Lipinski definition) is 2. The van der Waals surface area contributed by atoms with Crippen LogP contribution in [0.25, 0.3) is 0 Å². The number of benzene rings is 1. The Morgan fingerprint density at radius 1 is 1.31 bits per heavy atom. The molecule has 1 fully saturated rings. The second-order valence-electron chi connectivity index (χ2n) is 4.74. The van der Waals surface area contributed by atoms with Crippen LogP contribution >= 0.6 is 0 Å². The van der Waals surface area contributed by atoms with E-state index in [1.165, 1.54) is 5.56 Å². The molecule has 16 heavy (non-hydrogen) atoms. The van der Waals surface area contributed by atoms with Crippen LogP contribution in [-0.4, -0.2) is 23.9 Å². The Morgan fingerprint density at radius 2 is 2.06 bits per heavy atom. The predicted molar refractivity (Wildman–Crippen MR) is 64.4 cm³/mol. The van der Waals surface area contributed by atoms with E-state index in [2.05, 4.69) is 12.1 Å². The van der Waals surface area contributed by atoms with Gasteiger partial charge in [0.15, 0.2) is 0 Å². The zero-order chi connectivity index (χ0) is 11.4. The van der Waals surface area contributed by atoms with Crippen molar-refractivity contribution in [1.29, 1.82) is 0 Å². The van der Waals surface area contributed by atoms with E-state index in [0.717, 1.165) is 25.7 Å². The first kappa shape index (κ1) is 11.6. The van der Waals surface area contributed by atoms with Crippen molar-refractivity contribution in [3.63, 3.8) is 0 Å². The maximum absolute atomic E-state index is 10.7. The maximum Gasteiger partial charge on any atom is 0.0948 e. The summed E-state index contributed by atoms with van der Waals surface area (Å²) in [5, 5.41) is 10.7. The highest BCUT2D eigenvalue weighted by atomic mass is 16.5. The molecule has 0 spiro atoms. The smallest absolute Gasteiger partial charge is 0.0948 e. The fraction of sp³-hybridized carbons (Fsp3) is 0.571. The Labute approximate surface area is 97.3 Å². The first-order valence-corrected chi connectivity index (χ1v) is 6.04. The van der Waals surface area contributed by atoms with Crippen molar-refractivity contribution >= 4 is 0 Å². The van der Waals surface area contributed by atoms with Crippen LogP contribution in [0, 0.1) is 0 Å². The normalized spacial score (nSPS) is 30.2. The third-order valence-electron chi connectivity index (χ3n) is 3.56. The Morgan fingerprint density at radius 3 is 2.75 bits per heavy atom. The van der Waals surface area contributed by atoms with Crippen LogP contribution in [0.5, 0.6) is 0 Å². The van der Waals surface area contributed by atoms with Gasteiger partial charge in [0, 0.05) is 13.5 Å². The molecule has 0 saturated heterocycles. The molecule has 2 heteroatoms. The van der Waals surface area contributed by atoms with E-state index in [4.69, 9.17) is 4.74 Å². The third-order valence-corrected chi connectivity index (χ3v) is 3.56. The van der Waals surface area contributed by atoms with Crippen LogP contribution in [0.4, 0.5) is 0 Å². The molecule has 0 heterocycles. The van der Waals surface area contributed by atoms with Gasteiger partial charge in [0.1, 0.15) is 0 Å². The zero-order valence-electron chi connectivity index (χ0n) is 9.86. The molecule has 0 amide bonds. The van der Waals surface area contributed by atoms with E-state index < -0.39 is 5.60 Å². The fourth-order valence-corrected chi connectivity index (χ4v) is 2.68. The molecule has 1 aromatic rings. The summed E-state index contributed by atoms with van der Waals surface area (Å²) in [6.07, 6.45) is 4.77. The highest BCUT2D eigenvalue weighted by molar-refractivity contribution is 5.18. The molecule has 1 N–H and O–H groups in total. The lowest BCUT2D eigenvalue weighted by atomic mass is 9.78. The van der Waals surface area contributed by atoms with E-state index in [9.17, 15) is 5.11 Å². The molecule has 0 radical (unpaired) electrons. The minimum absolute atomic E-state index is 0.0125. The van der Waals surface area contributed by atoms with Crippen LogP contribution in [0.1, 0.15) is 31.2 Å². The summed E-state index contributed by atoms with van der Waals surface area (Å²) in [5.41, 5.74) is 0.517. The van der Waals surface area contributed by atoms with Gasteiger partial charge < -0.3 is 9.84 Å². The monoisotopic (exact) mass is 220 g/mol. The molecule has 0 aliphatic heterocycles. The van der Waals surface area contributed by atoms with Crippen molar-refractivity contribution in [2.24, 2.45) is 0 Å². The summed E-state index contributed by atoms with van der Waals surface area (Å²) in [7, 11) is 1.70. The van der Waals surface area contributed by atoms with E-state index in [1.807, 2.05) is 18.2 Å². The van der Waals surface area contributed by atoms with Gasteiger partial charge in [0.05, 0.1) is 11.7 Å². The van der Waals surface area contributed by atoms with Crippen molar-refractivity contribution in [2.45, 2.75) is 43.8 Å². The second kappa shape index (κ2) is 4.98. The number of rotatable bonds is 3. The number of hydrogen-bond donors (Lipinski definition) is 1. The van der Waals surface area contributed by atoms with Crippen LogP contribution in [-0.2, 0) is 11.2 Å². The van der Waals surface area contributed by atoms with Gasteiger partial charge in [-0.3, -0.25) is 0 Å². The van der Waals surface area contributed by atoms with E-state index in [-0.39, 0.29) is 6.10 Å². The van der Waals surface area contributed by atoms with Gasteiger partial charge in [-0.05, 0) is 18.4 Å². The Kier molecular flexibility index (Phi) is 3.62. The minimum Gasteiger partial charge on any atom is -0.387 e. The molecule has 2 unspecified atom stereocenters. The van der Waals surface area contributed by atoms with Gasteiger partial charge in [0.2, 0.25) is 0 Å². The van der Waals surface area contributed by atoms with Crippen LogP contribution in [0.15, 0.2) is 30.3 Å². The van der Waals surface area contributed by atoms with Crippen molar-refractivity contribution in [1.82, 2.24) is 0 Å². The molecule has 1 aliphatic rings. The van der Waals surface area contributed by atoms with Crippen LogP contribution in [0.3, 0.4) is 0 Å². The molecule has 1 aliphatic carbocycles. The number of aliphatic hydroxyl groups is 1. The lowest BCUT2D eigenvalue weighted by Gasteiger charge is -2.39. The van der Waals surface area contributed by atoms with Crippen LogP contribution in [0.2, 0.25) is 0 Å². The van der Waals surface area contributed by atoms with Gasteiger partial charge in [0.25, 0.3) is 0 Å². The van der Waals surface area contributed by atoms with Gasteiger partial charge in [-0.25, -0.2) is 0 Å². The minimum atomic E-state index is -0.672. The Bertz CT molecular complexity index is 323.